The zero-order chi connectivity index (χ0) is 13.9. The van der Waals surface area contributed by atoms with Crippen molar-refractivity contribution in [3.63, 3.8) is 0 Å². The molecule has 19 heavy (non-hydrogen) atoms. The molecule has 2 atom stereocenters. The Morgan fingerprint density at radius 3 is 2.79 bits per heavy atom. The summed E-state index contributed by atoms with van der Waals surface area (Å²) in [5.74, 6) is 0. The number of nitrogens with zero attached hydrogens (tertiary/aromatic N) is 1. The van der Waals surface area contributed by atoms with Gasteiger partial charge in [-0.3, -0.25) is 0 Å². The topological polar surface area (TPSA) is 26.0 Å². The van der Waals surface area contributed by atoms with E-state index in [1.165, 1.54) is 24.9 Å². The number of rotatable bonds is 5. The van der Waals surface area contributed by atoms with Gasteiger partial charge in [0.05, 0.1) is 36.2 Å². The van der Waals surface area contributed by atoms with Gasteiger partial charge >= 0.3 is 0 Å². The largest absolute Gasteiger partial charge is 0.330 e. The van der Waals surface area contributed by atoms with E-state index in [0.717, 1.165) is 36.5 Å². The van der Waals surface area contributed by atoms with Crippen LogP contribution in [0.2, 0.25) is 10.0 Å². The first-order chi connectivity index (χ1) is 9.05. The third-order valence-electron chi connectivity index (χ3n) is 4.48. The molecule has 1 aliphatic rings. The van der Waals surface area contributed by atoms with Crippen LogP contribution in [0.4, 0.5) is 0 Å². The van der Waals surface area contributed by atoms with Crippen LogP contribution in [0.1, 0.15) is 24.8 Å². The molecule has 0 aliphatic carbocycles. The van der Waals surface area contributed by atoms with Gasteiger partial charge in [0.2, 0.25) is 0 Å². The lowest BCUT2D eigenvalue weighted by Gasteiger charge is -2.36. The third-order valence-corrected chi connectivity index (χ3v) is 5.22. The Kier molecular flexibility index (Phi) is 5.13. The van der Waals surface area contributed by atoms with Gasteiger partial charge in [0.25, 0.3) is 0 Å². The number of nitrogens with two attached hydrogens (primary N) is 1. The van der Waals surface area contributed by atoms with Crippen molar-refractivity contribution in [1.29, 1.82) is 0 Å². The quantitative estimate of drug-likeness (QED) is 0.828. The molecule has 2 rings (SSSR count). The second kappa shape index (κ2) is 6.45. The summed E-state index contributed by atoms with van der Waals surface area (Å²) in [5.41, 5.74) is 7.00. The highest BCUT2D eigenvalue weighted by Crippen LogP contribution is 2.28. The van der Waals surface area contributed by atoms with Gasteiger partial charge < -0.3 is 10.2 Å². The van der Waals surface area contributed by atoms with E-state index < -0.39 is 0 Å². The first-order valence-corrected chi connectivity index (χ1v) is 7.79. The van der Waals surface area contributed by atoms with E-state index in [9.17, 15) is 0 Å². The Labute approximate surface area is 126 Å². The van der Waals surface area contributed by atoms with Gasteiger partial charge in [-0.2, -0.15) is 0 Å². The highest BCUT2D eigenvalue weighted by atomic mass is 35.5. The lowest BCUT2D eigenvalue weighted by atomic mass is 10.1. The summed E-state index contributed by atoms with van der Waals surface area (Å²) in [4.78, 5) is 0. The van der Waals surface area contributed by atoms with E-state index in [0.29, 0.717) is 10.0 Å². The Bertz CT molecular complexity index is 436. The summed E-state index contributed by atoms with van der Waals surface area (Å²) in [6.07, 6.45) is 4.82. The standard InChI is InChI=1S/C15H23Cl2N2/c1-19(9-2-3-13(19)6-8-18)10-7-12-4-5-14(16)15(17)11-12/h4-5,11,13H,2-3,6-10,18H2,1H3/q+1. The Hall–Kier alpha value is -0.280. The molecule has 0 bridgehead atoms. The molecular formula is C15H23Cl2N2+. The number of hydrogen-bond acceptors (Lipinski definition) is 1. The van der Waals surface area contributed by atoms with Crippen LogP contribution in [0.25, 0.3) is 0 Å². The Balaban J connectivity index is 1.98. The molecule has 0 saturated carbocycles. The first-order valence-electron chi connectivity index (χ1n) is 7.03. The molecule has 4 heteroatoms. The summed E-state index contributed by atoms with van der Waals surface area (Å²) >= 11 is 12.0. The SMILES string of the molecule is C[N+]1(CCc2ccc(Cl)c(Cl)c2)CCCC1CCN. The van der Waals surface area contributed by atoms with E-state index in [-0.39, 0.29) is 0 Å². The van der Waals surface area contributed by atoms with Crippen molar-refractivity contribution in [2.24, 2.45) is 5.73 Å². The van der Waals surface area contributed by atoms with Crippen LogP contribution in [0, 0.1) is 0 Å². The van der Waals surface area contributed by atoms with Crippen LogP contribution in [-0.4, -0.2) is 37.2 Å². The van der Waals surface area contributed by atoms with Gasteiger partial charge in [0.1, 0.15) is 0 Å². The van der Waals surface area contributed by atoms with Crippen molar-refractivity contribution in [2.45, 2.75) is 31.7 Å². The van der Waals surface area contributed by atoms with Gasteiger partial charge in [-0.25, -0.2) is 0 Å². The minimum Gasteiger partial charge on any atom is -0.330 e. The number of likely N-dealkylation sites (tertiary alicyclic amines) is 1. The van der Waals surface area contributed by atoms with E-state index in [2.05, 4.69) is 13.1 Å². The molecule has 1 aromatic carbocycles. The highest BCUT2D eigenvalue weighted by Gasteiger charge is 2.36. The van der Waals surface area contributed by atoms with Gasteiger partial charge in [0, 0.05) is 25.7 Å². The zero-order valence-corrected chi connectivity index (χ0v) is 13.1. The predicted octanol–water partition coefficient (Wildman–Crippen LogP) is 3.49. The second-order valence-corrected chi connectivity index (χ2v) is 6.61. The summed E-state index contributed by atoms with van der Waals surface area (Å²) in [6, 6.07) is 6.69. The number of benzene rings is 1. The van der Waals surface area contributed by atoms with Crippen LogP contribution >= 0.6 is 23.2 Å². The van der Waals surface area contributed by atoms with Gasteiger partial charge in [-0.15, -0.1) is 0 Å². The maximum Gasteiger partial charge on any atom is 0.0902 e. The van der Waals surface area contributed by atoms with E-state index in [4.69, 9.17) is 28.9 Å². The summed E-state index contributed by atoms with van der Waals surface area (Å²) in [5, 5.41) is 1.29. The minimum atomic E-state index is 0.632. The van der Waals surface area contributed by atoms with Crippen LogP contribution in [-0.2, 0) is 6.42 Å². The molecule has 0 amide bonds. The molecule has 1 aliphatic heterocycles. The number of halogens is 2. The fourth-order valence-electron chi connectivity index (χ4n) is 3.20. The molecule has 1 aromatic rings. The van der Waals surface area contributed by atoms with E-state index in [1.807, 2.05) is 12.1 Å². The lowest BCUT2D eigenvalue weighted by Crippen LogP contribution is -2.49. The number of quaternary nitrogens is 1. The fourth-order valence-corrected chi connectivity index (χ4v) is 3.53. The molecule has 0 aromatic heterocycles. The van der Waals surface area contributed by atoms with Crippen molar-refractivity contribution in [3.8, 4) is 0 Å². The Morgan fingerprint density at radius 1 is 1.32 bits per heavy atom. The van der Waals surface area contributed by atoms with Crippen molar-refractivity contribution in [2.75, 3.05) is 26.7 Å². The molecule has 2 nitrogen and oxygen atoms in total. The normalized spacial score (nSPS) is 26.8. The van der Waals surface area contributed by atoms with Crippen LogP contribution < -0.4 is 5.73 Å². The Morgan fingerprint density at radius 2 is 2.11 bits per heavy atom. The molecule has 2 N–H and O–H groups in total. The summed E-state index contributed by atoms with van der Waals surface area (Å²) in [6.45, 7) is 3.22. The zero-order valence-electron chi connectivity index (χ0n) is 11.5. The van der Waals surface area contributed by atoms with E-state index in [1.54, 1.807) is 0 Å². The van der Waals surface area contributed by atoms with E-state index >= 15 is 0 Å². The van der Waals surface area contributed by atoms with Crippen molar-refractivity contribution >= 4 is 23.2 Å². The molecule has 106 valence electrons. The van der Waals surface area contributed by atoms with Gasteiger partial charge in [-0.1, -0.05) is 29.3 Å². The second-order valence-electron chi connectivity index (χ2n) is 5.80. The van der Waals surface area contributed by atoms with Crippen LogP contribution in [0.15, 0.2) is 18.2 Å². The highest BCUT2D eigenvalue weighted by molar-refractivity contribution is 6.42. The predicted molar refractivity (Wildman–Crippen MR) is 82.8 cm³/mol. The first kappa shape index (κ1) is 15.1. The summed E-state index contributed by atoms with van der Waals surface area (Å²) in [7, 11) is 2.37. The molecule has 0 spiro atoms. The maximum absolute atomic E-state index is 6.07. The monoisotopic (exact) mass is 301 g/mol. The van der Waals surface area contributed by atoms with Crippen molar-refractivity contribution in [3.05, 3.63) is 33.8 Å². The lowest BCUT2D eigenvalue weighted by molar-refractivity contribution is -0.921. The van der Waals surface area contributed by atoms with Gasteiger partial charge in [0.15, 0.2) is 0 Å². The van der Waals surface area contributed by atoms with Crippen molar-refractivity contribution < 1.29 is 4.48 Å². The van der Waals surface area contributed by atoms with Gasteiger partial charge in [-0.05, 0) is 24.2 Å². The molecule has 1 heterocycles. The molecular weight excluding hydrogens is 279 g/mol. The van der Waals surface area contributed by atoms with Crippen LogP contribution in [0.5, 0.6) is 0 Å². The minimum absolute atomic E-state index is 0.632. The molecule has 1 saturated heterocycles. The maximum atomic E-state index is 6.07. The smallest absolute Gasteiger partial charge is 0.0902 e. The molecule has 1 fully saturated rings. The van der Waals surface area contributed by atoms with Crippen LogP contribution in [0.3, 0.4) is 0 Å². The number of hydrogen-bond donors (Lipinski definition) is 1. The summed E-state index contributed by atoms with van der Waals surface area (Å²) < 4.78 is 1.15. The molecule has 2 unspecified atom stereocenters. The van der Waals surface area contributed by atoms with Crippen molar-refractivity contribution in [1.82, 2.24) is 0 Å². The third kappa shape index (κ3) is 3.63. The fraction of sp³-hybridized carbons (Fsp3) is 0.600. The average Bonchev–Trinajstić information content (AvgIpc) is 2.74. The molecule has 0 radical (unpaired) electrons. The average molecular weight is 302 g/mol. The number of likely N-dealkylation sites (N-methyl/N-ethyl adjacent to an activating group) is 1.